The van der Waals surface area contributed by atoms with E-state index in [1.165, 1.54) is 18.6 Å². The molecule has 10 heteroatoms. The highest BCUT2D eigenvalue weighted by molar-refractivity contribution is 6.11. The molecule has 0 saturated carbocycles. The summed E-state index contributed by atoms with van der Waals surface area (Å²) in [5, 5.41) is 22.5. The first-order valence-electron chi connectivity index (χ1n) is 9.22. The van der Waals surface area contributed by atoms with Gasteiger partial charge in [0.25, 0.3) is 0 Å². The number of amidine groups is 1. The highest BCUT2D eigenvalue weighted by Gasteiger charge is 2.28. The number of nitrogens with two attached hydrogens (primary N) is 1. The molecule has 3 rings (SSSR count). The van der Waals surface area contributed by atoms with Crippen molar-refractivity contribution in [2.45, 2.75) is 31.3 Å². The van der Waals surface area contributed by atoms with Crippen LogP contribution in [0.1, 0.15) is 30.1 Å². The fraction of sp³-hybridized carbons (Fsp3) is 0.368. The molecule has 2 aromatic rings. The number of nitrogens with zero attached hydrogens (tertiary/aromatic N) is 4. The summed E-state index contributed by atoms with van der Waals surface area (Å²) < 4.78 is 6.01. The number of carbonyl (C=O) groups is 1. The second-order valence-electron chi connectivity index (χ2n) is 6.62. The van der Waals surface area contributed by atoms with Gasteiger partial charge >= 0.3 is 0 Å². The number of amides is 1. The third kappa shape index (κ3) is 5.24. The zero-order valence-corrected chi connectivity index (χ0v) is 15.8. The van der Waals surface area contributed by atoms with Crippen molar-refractivity contribution in [2.75, 3.05) is 18.4 Å². The number of hydrogen-bond donors (Lipinski definition) is 4. The van der Waals surface area contributed by atoms with Gasteiger partial charge in [-0.3, -0.25) is 15.2 Å². The average molecular weight is 394 g/mol. The maximum atomic E-state index is 12.8. The molecule has 0 spiro atoms. The minimum atomic E-state index is -1.17. The summed E-state index contributed by atoms with van der Waals surface area (Å²) >= 11 is 0. The van der Waals surface area contributed by atoms with Gasteiger partial charge in [0.1, 0.15) is 29.2 Å². The van der Waals surface area contributed by atoms with E-state index in [1.54, 1.807) is 12.3 Å². The molecule has 0 bridgehead atoms. The van der Waals surface area contributed by atoms with Crippen LogP contribution in [0.15, 0.2) is 30.9 Å². The Labute approximate surface area is 168 Å². The Morgan fingerprint density at radius 3 is 2.90 bits per heavy atom. The standard InChI is InChI=1S/C19H22N8O2/c20-5-3-12-8-25-18(26-9-12)16(17(21)22)19(28)27-14-11-24-7-4-15(14)29-13-2-1-6-23-10-13/h4,7-9,11,13,16,23H,1-3,6,10H2,(H3,21,22)(H,27,28). The normalized spacial score (nSPS) is 17.0. The van der Waals surface area contributed by atoms with Gasteiger partial charge in [-0.1, -0.05) is 0 Å². The Kier molecular flexibility index (Phi) is 6.65. The van der Waals surface area contributed by atoms with Gasteiger partial charge < -0.3 is 21.1 Å². The van der Waals surface area contributed by atoms with Crippen LogP contribution in [0, 0.1) is 16.7 Å². The van der Waals surface area contributed by atoms with Gasteiger partial charge in [0, 0.05) is 36.8 Å². The molecule has 1 saturated heterocycles. The molecule has 3 heterocycles. The van der Waals surface area contributed by atoms with E-state index in [0.717, 1.165) is 25.9 Å². The van der Waals surface area contributed by atoms with Crippen LogP contribution >= 0.6 is 0 Å². The number of piperidine rings is 1. The number of pyridine rings is 1. The summed E-state index contributed by atoms with van der Waals surface area (Å²) in [6.07, 6.45) is 8.06. The lowest BCUT2D eigenvalue weighted by atomic mass is 10.1. The summed E-state index contributed by atoms with van der Waals surface area (Å²) in [6.45, 7) is 1.70. The highest BCUT2D eigenvalue weighted by atomic mass is 16.5. The van der Waals surface area contributed by atoms with Crippen LogP contribution in [-0.2, 0) is 11.2 Å². The largest absolute Gasteiger partial charge is 0.487 e. The van der Waals surface area contributed by atoms with Crippen molar-refractivity contribution in [2.24, 2.45) is 5.73 Å². The number of carbonyl (C=O) groups excluding carboxylic acids is 1. The van der Waals surface area contributed by atoms with Crippen LogP contribution in [0.25, 0.3) is 0 Å². The third-order valence-corrected chi connectivity index (χ3v) is 4.42. The fourth-order valence-electron chi connectivity index (χ4n) is 2.98. The van der Waals surface area contributed by atoms with E-state index in [9.17, 15) is 4.79 Å². The SMILES string of the molecule is N#CCc1cnc(C(C(=N)N)C(=O)Nc2cnccc2OC2CCCNC2)nc1. The molecule has 0 radical (unpaired) electrons. The summed E-state index contributed by atoms with van der Waals surface area (Å²) in [4.78, 5) is 25.1. The molecule has 5 N–H and O–H groups in total. The second kappa shape index (κ2) is 9.57. The lowest BCUT2D eigenvalue weighted by molar-refractivity contribution is -0.116. The Balaban J connectivity index is 1.76. The van der Waals surface area contributed by atoms with Crippen LogP contribution in [0.5, 0.6) is 5.75 Å². The van der Waals surface area contributed by atoms with Crippen LogP contribution in [0.3, 0.4) is 0 Å². The van der Waals surface area contributed by atoms with Crippen molar-refractivity contribution < 1.29 is 9.53 Å². The molecule has 10 nitrogen and oxygen atoms in total. The zero-order chi connectivity index (χ0) is 20.6. The predicted molar refractivity (Wildman–Crippen MR) is 105 cm³/mol. The van der Waals surface area contributed by atoms with E-state index in [-0.39, 0.29) is 18.3 Å². The first-order chi connectivity index (χ1) is 14.1. The number of hydrogen-bond acceptors (Lipinski definition) is 8. The predicted octanol–water partition coefficient (Wildman–Crippen LogP) is 0.727. The van der Waals surface area contributed by atoms with Crippen molar-refractivity contribution in [1.82, 2.24) is 20.3 Å². The summed E-state index contributed by atoms with van der Waals surface area (Å²) in [6, 6.07) is 3.68. The molecule has 2 aromatic heterocycles. The van der Waals surface area contributed by atoms with Crippen molar-refractivity contribution in [3.63, 3.8) is 0 Å². The topological polar surface area (TPSA) is 163 Å². The lowest BCUT2D eigenvalue weighted by Crippen LogP contribution is -2.37. The molecular formula is C19H22N8O2. The Hall–Kier alpha value is -3.58. The van der Waals surface area contributed by atoms with Gasteiger partial charge in [0.05, 0.1) is 18.7 Å². The number of anilines is 1. The summed E-state index contributed by atoms with van der Waals surface area (Å²) in [7, 11) is 0. The molecule has 150 valence electrons. The number of nitriles is 1. The molecule has 2 atom stereocenters. The molecule has 2 unspecified atom stereocenters. The molecule has 1 aliphatic rings. The number of aromatic nitrogens is 3. The van der Waals surface area contributed by atoms with Crippen LogP contribution in [0.4, 0.5) is 5.69 Å². The maximum absolute atomic E-state index is 12.8. The smallest absolute Gasteiger partial charge is 0.242 e. The molecule has 1 fully saturated rings. The molecule has 1 amide bonds. The van der Waals surface area contributed by atoms with E-state index < -0.39 is 17.7 Å². The zero-order valence-electron chi connectivity index (χ0n) is 15.8. The highest BCUT2D eigenvalue weighted by Crippen LogP contribution is 2.26. The van der Waals surface area contributed by atoms with Crippen LogP contribution in [0.2, 0.25) is 0 Å². The van der Waals surface area contributed by atoms with E-state index in [1.807, 2.05) is 6.07 Å². The van der Waals surface area contributed by atoms with E-state index in [0.29, 0.717) is 17.0 Å². The first-order valence-corrected chi connectivity index (χ1v) is 9.22. The van der Waals surface area contributed by atoms with Crippen molar-refractivity contribution in [3.8, 4) is 11.8 Å². The molecule has 0 aromatic carbocycles. The van der Waals surface area contributed by atoms with Gasteiger partial charge in [0.2, 0.25) is 5.91 Å². The molecule has 1 aliphatic heterocycles. The van der Waals surface area contributed by atoms with Crippen molar-refractivity contribution in [1.29, 1.82) is 10.7 Å². The number of rotatable bonds is 7. The summed E-state index contributed by atoms with van der Waals surface area (Å²) in [5.41, 5.74) is 6.64. The summed E-state index contributed by atoms with van der Waals surface area (Å²) in [5.74, 6) is -1.55. The van der Waals surface area contributed by atoms with E-state index >= 15 is 0 Å². The minimum Gasteiger partial charge on any atom is -0.487 e. The number of nitrogens with one attached hydrogen (secondary N) is 3. The van der Waals surface area contributed by atoms with Crippen LogP contribution in [-0.4, -0.2) is 45.9 Å². The fourth-order valence-corrected chi connectivity index (χ4v) is 2.98. The average Bonchev–Trinajstić information content (AvgIpc) is 2.72. The van der Waals surface area contributed by atoms with E-state index in [4.69, 9.17) is 21.1 Å². The van der Waals surface area contributed by atoms with Gasteiger partial charge in [0.15, 0.2) is 5.92 Å². The minimum absolute atomic E-state index is 0.00131. The van der Waals surface area contributed by atoms with Crippen molar-refractivity contribution >= 4 is 17.4 Å². The Bertz CT molecular complexity index is 903. The van der Waals surface area contributed by atoms with Crippen LogP contribution < -0.4 is 21.1 Å². The van der Waals surface area contributed by atoms with Crippen molar-refractivity contribution in [3.05, 3.63) is 42.2 Å². The number of ether oxygens (including phenoxy) is 1. The van der Waals surface area contributed by atoms with Gasteiger partial charge in [-0.05, 0) is 19.4 Å². The monoisotopic (exact) mass is 394 g/mol. The Morgan fingerprint density at radius 2 is 2.24 bits per heavy atom. The third-order valence-electron chi connectivity index (χ3n) is 4.42. The Morgan fingerprint density at radius 1 is 1.45 bits per heavy atom. The first kappa shape index (κ1) is 20.2. The van der Waals surface area contributed by atoms with Gasteiger partial charge in [-0.25, -0.2) is 9.97 Å². The lowest BCUT2D eigenvalue weighted by Gasteiger charge is -2.25. The molecule has 29 heavy (non-hydrogen) atoms. The van der Waals surface area contributed by atoms with Gasteiger partial charge in [-0.2, -0.15) is 5.26 Å². The quantitative estimate of drug-likeness (QED) is 0.394. The molecular weight excluding hydrogens is 372 g/mol. The van der Waals surface area contributed by atoms with E-state index in [2.05, 4.69) is 25.6 Å². The van der Waals surface area contributed by atoms with Gasteiger partial charge in [-0.15, -0.1) is 0 Å². The molecule has 0 aliphatic carbocycles. The maximum Gasteiger partial charge on any atom is 0.242 e. The second-order valence-corrected chi connectivity index (χ2v) is 6.62.